The van der Waals surface area contributed by atoms with E-state index in [2.05, 4.69) is 6.92 Å². The number of ether oxygens (including phenoxy) is 1. The van der Waals surface area contributed by atoms with Crippen molar-refractivity contribution in [3.63, 3.8) is 0 Å². The van der Waals surface area contributed by atoms with Crippen molar-refractivity contribution in [2.24, 2.45) is 0 Å². The molecule has 0 bridgehead atoms. The highest BCUT2D eigenvalue weighted by molar-refractivity contribution is 7.82. The minimum atomic E-state index is -4.09. The summed E-state index contributed by atoms with van der Waals surface area (Å²) in [7, 11) is -4.09. The van der Waals surface area contributed by atoms with Gasteiger partial charge in [0.15, 0.2) is 0 Å². The third-order valence-electron chi connectivity index (χ3n) is 4.98. The summed E-state index contributed by atoms with van der Waals surface area (Å²) in [6.45, 7) is 5.67. The van der Waals surface area contributed by atoms with Crippen LogP contribution >= 0.6 is 0 Å². The Bertz CT molecular complexity index is 517. The summed E-state index contributed by atoms with van der Waals surface area (Å²) < 4.78 is 37.8. The van der Waals surface area contributed by atoms with Gasteiger partial charge in [-0.3, -0.25) is 0 Å². The fraction of sp³-hybridized carbons (Fsp3) is 0.952. The molecule has 1 fully saturated rings. The lowest BCUT2D eigenvalue weighted by atomic mass is 10.0. The lowest BCUT2D eigenvalue weighted by molar-refractivity contribution is -0.157. The topological polar surface area (TPSA) is 78.9 Å². The molecular weight excluding hydrogens is 380 g/mol. The molecule has 1 saturated heterocycles. The van der Waals surface area contributed by atoms with Crippen molar-refractivity contribution in [1.29, 1.82) is 0 Å². The van der Waals surface area contributed by atoms with Gasteiger partial charge in [0.2, 0.25) is 6.10 Å². The van der Waals surface area contributed by atoms with Gasteiger partial charge in [0.25, 0.3) is 0 Å². The monoisotopic (exact) mass is 420 g/mol. The normalized spacial score (nSPS) is 21.3. The largest absolute Gasteiger partial charge is 0.461 e. The maximum atomic E-state index is 12.0. The minimum absolute atomic E-state index is 0.323. The first-order valence-electron chi connectivity index (χ1n) is 11.2. The van der Waals surface area contributed by atoms with Crippen LogP contribution in [0.15, 0.2) is 0 Å². The van der Waals surface area contributed by atoms with Gasteiger partial charge in [0.05, 0.1) is 6.10 Å². The van der Waals surface area contributed by atoms with E-state index < -0.39 is 28.6 Å². The summed E-state index contributed by atoms with van der Waals surface area (Å²) in [5.74, 6) is -0.671. The van der Waals surface area contributed by atoms with Gasteiger partial charge in [-0.05, 0) is 20.3 Å². The molecule has 0 spiro atoms. The van der Waals surface area contributed by atoms with Crippen LogP contribution in [0.4, 0.5) is 0 Å². The fourth-order valence-electron chi connectivity index (χ4n) is 3.47. The molecule has 0 unspecified atom stereocenters. The first kappa shape index (κ1) is 25.4. The third kappa shape index (κ3) is 11.4. The van der Waals surface area contributed by atoms with E-state index in [9.17, 15) is 13.2 Å². The average molecular weight is 421 g/mol. The molecule has 1 heterocycles. The summed E-state index contributed by atoms with van der Waals surface area (Å²) in [6, 6.07) is 0. The van der Waals surface area contributed by atoms with Crippen LogP contribution in [0, 0.1) is 0 Å². The maximum Gasteiger partial charge on any atom is 0.401 e. The first-order chi connectivity index (χ1) is 13.4. The van der Waals surface area contributed by atoms with Gasteiger partial charge >= 0.3 is 16.4 Å². The van der Waals surface area contributed by atoms with E-state index in [0.717, 1.165) is 19.3 Å². The number of carbonyl (C=O) groups is 1. The van der Waals surface area contributed by atoms with E-state index >= 15 is 0 Å². The Hall–Kier alpha value is -0.660. The van der Waals surface area contributed by atoms with Gasteiger partial charge < -0.3 is 4.74 Å². The van der Waals surface area contributed by atoms with E-state index in [-0.39, 0.29) is 6.10 Å². The number of esters is 1. The molecule has 1 aliphatic heterocycles. The maximum absolute atomic E-state index is 12.0. The number of rotatable bonds is 16. The van der Waals surface area contributed by atoms with Gasteiger partial charge in [-0.1, -0.05) is 90.4 Å². The van der Waals surface area contributed by atoms with E-state index in [1.54, 1.807) is 13.8 Å². The molecule has 6 nitrogen and oxygen atoms in total. The van der Waals surface area contributed by atoms with Crippen molar-refractivity contribution in [3.8, 4) is 0 Å². The molecule has 0 radical (unpaired) electrons. The minimum Gasteiger partial charge on any atom is -0.461 e. The van der Waals surface area contributed by atoms with Crippen molar-refractivity contribution in [2.45, 2.75) is 129 Å². The second-order valence-electron chi connectivity index (χ2n) is 8.08. The molecule has 2 atom stereocenters. The molecule has 0 N–H and O–H groups in total. The Balaban J connectivity index is 2.07. The highest BCUT2D eigenvalue weighted by atomic mass is 32.3. The van der Waals surface area contributed by atoms with Gasteiger partial charge in [0, 0.05) is 0 Å². The zero-order chi connectivity index (χ0) is 20.8. The Kier molecular flexibility index (Phi) is 13.0. The van der Waals surface area contributed by atoms with Gasteiger partial charge in [-0.25, -0.2) is 13.2 Å². The molecule has 0 aliphatic carbocycles. The number of unbranched alkanes of at least 4 members (excludes halogenated alkanes) is 12. The van der Waals surface area contributed by atoms with Crippen LogP contribution in [-0.4, -0.2) is 32.7 Å². The van der Waals surface area contributed by atoms with Crippen LogP contribution in [0.1, 0.15) is 111 Å². The standard InChI is InChI=1S/C21H40O6S/c1-4-5-6-7-8-9-10-11-12-13-14-15-16-17-19-20(21(22)25-18(2)3)27-28(23,24)26-19/h18-20H,4-17H2,1-3H3/t19-,20+/m1/s1. The smallest absolute Gasteiger partial charge is 0.401 e. The van der Waals surface area contributed by atoms with Gasteiger partial charge in [0.1, 0.15) is 6.10 Å². The quantitative estimate of drug-likeness (QED) is 0.244. The molecule has 0 aromatic heterocycles. The van der Waals surface area contributed by atoms with Crippen LogP contribution < -0.4 is 0 Å². The number of hydrogen-bond acceptors (Lipinski definition) is 6. The summed E-state index contributed by atoms with van der Waals surface area (Å²) in [5, 5.41) is 0. The molecule has 0 amide bonds. The van der Waals surface area contributed by atoms with Crippen molar-refractivity contribution in [3.05, 3.63) is 0 Å². The molecule has 1 aliphatic rings. The summed E-state index contributed by atoms with van der Waals surface area (Å²) in [5.41, 5.74) is 0. The number of hydrogen-bond donors (Lipinski definition) is 0. The van der Waals surface area contributed by atoms with E-state index in [4.69, 9.17) is 13.1 Å². The van der Waals surface area contributed by atoms with Crippen LogP contribution in [0.25, 0.3) is 0 Å². The molecule has 7 heteroatoms. The Morgan fingerprint density at radius 1 is 0.821 bits per heavy atom. The molecule has 166 valence electrons. The van der Waals surface area contributed by atoms with Gasteiger partial charge in [-0.2, -0.15) is 8.42 Å². The zero-order valence-corrected chi connectivity index (χ0v) is 18.8. The predicted molar refractivity (Wildman–Crippen MR) is 110 cm³/mol. The van der Waals surface area contributed by atoms with Crippen LogP contribution in [0.3, 0.4) is 0 Å². The Morgan fingerprint density at radius 3 is 1.75 bits per heavy atom. The second-order valence-corrected chi connectivity index (χ2v) is 9.28. The fourth-order valence-corrected chi connectivity index (χ4v) is 4.47. The first-order valence-corrected chi connectivity index (χ1v) is 12.5. The van der Waals surface area contributed by atoms with E-state index in [0.29, 0.717) is 6.42 Å². The second kappa shape index (κ2) is 14.3. The third-order valence-corrected chi connectivity index (χ3v) is 5.90. The molecule has 0 aromatic carbocycles. The molecular formula is C21H40O6S. The van der Waals surface area contributed by atoms with E-state index in [1.165, 1.54) is 64.2 Å². The van der Waals surface area contributed by atoms with Crippen molar-refractivity contribution >= 4 is 16.4 Å². The predicted octanol–water partition coefficient (Wildman–Crippen LogP) is 5.45. The average Bonchev–Trinajstić information content (AvgIpc) is 2.93. The zero-order valence-electron chi connectivity index (χ0n) is 18.0. The van der Waals surface area contributed by atoms with Crippen LogP contribution in [-0.2, 0) is 28.3 Å². The molecule has 1 rings (SSSR count). The van der Waals surface area contributed by atoms with Gasteiger partial charge in [-0.15, -0.1) is 0 Å². The van der Waals surface area contributed by atoms with E-state index in [1.807, 2.05) is 0 Å². The highest BCUT2D eigenvalue weighted by Crippen LogP contribution is 2.26. The molecule has 28 heavy (non-hydrogen) atoms. The summed E-state index contributed by atoms with van der Waals surface area (Å²) in [6.07, 6.45) is 14.4. The summed E-state index contributed by atoms with van der Waals surface area (Å²) >= 11 is 0. The van der Waals surface area contributed by atoms with Crippen LogP contribution in [0.5, 0.6) is 0 Å². The lowest BCUT2D eigenvalue weighted by Gasteiger charge is -2.15. The lowest BCUT2D eigenvalue weighted by Crippen LogP contribution is -2.34. The Morgan fingerprint density at radius 2 is 1.29 bits per heavy atom. The highest BCUT2D eigenvalue weighted by Gasteiger charge is 2.45. The molecule has 0 aromatic rings. The molecule has 0 saturated carbocycles. The SMILES string of the molecule is CCCCCCCCCCCCCCC[C@H]1OS(=O)(=O)O[C@@H]1C(=O)OC(C)C. The van der Waals surface area contributed by atoms with Crippen molar-refractivity contribution in [2.75, 3.05) is 0 Å². The summed E-state index contributed by atoms with van der Waals surface area (Å²) in [4.78, 5) is 12.0. The van der Waals surface area contributed by atoms with Crippen LogP contribution in [0.2, 0.25) is 0 Å². The number of carbonyl (C=O) groups excluding carboxylic acids is 1. The Labute approximate surface area is 172 Å². The van der Waals surface area contributed by atoms with Crippen molar-refractivity contribution < 1.29 is 26.3 Å². The van der Waals surface area contributed by atoms with Crippen molar-refractivity contribution in [1.82, 2.24) is 0 Å².